The Bertz CT molecular complexity index is 615. The van der Waals surface area contributed by atoms with Gasteiger partial charge in [-0.15, -0.1) is 0 Å². The van der Waals surface area contributed by atoms with Crippen LogP contribution in [0.1, 0.15) is 133 Å². The molecule has 2 aliphatic rings. The van der Waals surface area contributed by atoms with Crippen LogP contribution in [-0.2, 0) is 17.1 Å². The molecule has 0 N–H and O–H groups in total. The zero-order valence-electron chi connectivity index (χ0n) is 22.4. The van der Waals surface area contributed by atoms with Gasteiger partial charge in [-0.2, -0.15) is 22.3 Å². The van der Waals surface area contributed by atoms with Gasteiger partial charge in [-0.3, -0.25) is 12.2 Å². The molecule has 0 nitrogen and oxygen atoms in total. The molecule has 0 atom stereocenters. The predicted molar refractivity (Wildman–Crippen MR) is 135 cm³/mol. The van der Waals surface area contributed by atoms with Crippen LogP contribution in [0.4, 0.5) is 0 Å². The first kappa shape index (κ1) is 30.5. The van der Waals surface area contributed by atoms with Gasteiger partial charge < -0.3 is 0 Å². The molecule has 0 saturated heterocycles. The van der Waals surface area contributed by atoms with Crippen LogP contribution in [0.2, 0.25) is 0 Å². The van der Waals surface area contributed by atoms with Crippen molar-refractivity contribution in [3.8, 4) is 0 Å². The van der Waals surface area contributed by atoms with E-state index in [1.54, 1.807) is 22.3 Å². The van der Waals surface area contributed by atoms with E-state index >= 15 is 0 Å². The van der Waals surface area contributed by atoms with Crippen molar-refractivity contribution < 1.29 is 17.1 Å². The minimum atomic E-state index is 0. The average molecular weight is 467 g/mol. The molecule has 0 spiro atoms. The van der Waals surface area contributed by atoms with Crippen LogP contribution in [0.5, 0.6) is 0 Å². The van der Waals surface area contributed by atoms with Gasteiger partial charge in [0.05, 0.1) is 0 Å². The third-order valence-corrected chi connectivity index (χ3v) is 7.93. The van der Waals surface area contributed by atoms with E-state index in [-0.39, 0.29) is 27.9 Å². The summed E-state index contributed by atoms with van der Waals surface area (Å²) in [5.41, 5.74) is 10.1. The van der Waals surface area contributed by atoms with Crippen LogP contribution in [0.25, 0.3) is 0 Å². The zero-order chi connectivity index (χ0) is 22.9. The van der Waals surface area contributed by atoms with Crippen molar-refractivity contribution in [2.75, 3.05) is 0 Å². The van der Waals surface area contributed by atoms with E-state index in [2.05, 4.69) is 81.4 Å². The quantitative estimate of drug-likeness (QED) is 0.222. The Morgan fingerprint density at radius 1 is 0.452 bits per heavy atom. The number of hydrogen-bond donors (Lipinski definition) is 0. The molecule has 0 heterocycles. The molecule has 0 aromatic heterocycles. The van der Waals surface area contributed by atoms with Crippen LogP contribution in [0, 0.1) is 23.0 Å². The Morgan fingerprint density at radius 3 is 0.903 bits per heavy atom. The van der Waals surface area contributed by atoms with Gasteiger partial charge >= 0.3 is 17.1 Å². The Kier molecular flexibility index (Phi) is 13.7. The molecule has 0 radical (unpaired) electrons. The normalized spacial score (nSPS) is 19.0. The summed E-state index contributed by atoms with van der Waals surface area (Å²) in [6, 6.07) is 0. The second-order valence-electron chi connectivity index (χ2n) is 8.82. The SMILES string of the molecule is CCC1=[C-]C(CC)(CC)C(CC)=C1CC.CCC1=[C-]C(CC)(CC)C(CC)=C1CC.[Fe+2]. The molecule has 0 bridgehead atoms. The van der Waals surface area contributed by atoms with Gasteiger partial charge in [0.2, 0.25) is 0 Å². The topological polar surface area (TPSA) is 0 Å². The first-order valence-electron chi connectivity index (χ1n) is 13.1. The summed E-state index contributed by atoms with van der Waals surface area (Å²) in [6.45, 7) is 22.9. The van der Waals surface area contributed by atoms with Gasteiger partial charge in [-0.25, -0.2) is 11.1 Å². The third kappa shape index (κ3) is 5.89. The Balaban J connectivity index is 0.000000562. The largest absolute Gasteiger partial charge is 2.00 e. The molecule has 1 heteroatoms. The number of hydrogen-bond acceptors (Lipinski definition) is 0. The summed E-state index contributed by atoms with van der Waals surface area (Å²) in [4.78, 5) is 0. The van der Waals surface area contributed by atoms with Crippen molar-refractivity contribution in [2.45, 2.75) is 133 Å². The van der Waals surface area contributed by atoms with Crippen LogP contribution in [0.15, 0.2) is 33.4 Å². The minimum Gasteiger partial charge on any atom is -0.262 e. The molecule has 0 aromatic rings. The van der Waals surface area contributed by atoms with Crippen molar-refractivity contribution in [3.63, 3.8) is 0 Å². The van der Waals surface area contributed by atoms with Crippen molar-refractivity contribution in [2.24, 2.45) is 10.8 Å². The number of rotatable bonds is 10. The van der Waals surface area contributed by atoms with E-state index in [1.165, 1.54) is 62.5 Å². The van der Waals surface area contributed by atoms with E-state index in [1.807, 2.05) is 0 Å². The molecule has 0 fully saturated rings. The molecule has 0 aliphatic heterocycles. The average Bonchev–Trinajstić information content (AvgIpc) is 3.30. The molecule has 31 heavy (non-hydrogen) atoms. The summed E-state index contributed by atoms with van der Waals surface area (Å²) in [6.07, 6.45) is 19.5. The molecule has 0 saturated carbocycles. The fourth-order valence-electron chi connectivity index (χ4n) is 6.09. The van der Waals surface area contributed by atoms with Gasteiger partial charge in [0, 0.05) is 0 Å². The van der Waals surface area contributed by atoms with E-state index < -0.39 is 0 Å². The first-order chi connectivity index (χ1) is 14.4. The second-order valence-corrected chi connectivity index (χ2v) is 8.82. The molecular weight excluding hydrogens is 416 g/mol. The summed E-state index contributed by atoms with van der Waals surface area (Å²) in [7, 11) is 0. The third-order valence-electron chi connectivity index (χ3n) is 7.93. The Hall–Kier alpha value is -0.521. The van der Waals surface area contributed by atoms with Crippen molar-refractivity contribution in [1.29, 1.82) is 0 Å². The van der Waals surface area contributed by atoms with E-state index in [9.17, 15) is 0 Å². The maximum atomic E-state index is 3.80. The van der Waals surface area contributed by atoms with Gasteiger partial charge in [0.25, 0.3) is 0 Å². The smallest absolute Gasteiger partial charge is 0.262 e. The standard InChI is InChI=1S/2C15H25.Fe/c2*1-6-12-11-15(9-4,10-5)14(8-3)13(12)7-2;/h2*6-10H2,1-5H3;/q2*-1;+2. The molecule has 2 aliphatic carbocycles. The van der Waals surface area contributed by atoms with Crippen molar-refractivity contribution in [3.05, 3.63) is 45.6 Å². The molecular formula is C30H50Fe. The molecule has 2 rings (SSSR count). The molecule has 0 unspecified atom stereocenters. The maximum Gasteiger partial charge on any atom is 2.00 e. The zero-order valence-corrected chi connectivity index (χ0v) is 23.5. The minimum absolute atomic E-state index is 0. The fourth-order valence-corrected chi connectivity index (χ4v) is 6.09. The van der Waals surface area contributed by atoms with Crippen LogP contribution >= 0.6 is 0 Å². The second kappa shape index (κ2) is 13.9. The summed E-state index contributed by atoms with van der Waals surface area (Å²) in [5, 5.41) is 0. The molecule has 178 valence electrons. The van der Waals surface area contributed by atoms with Gasteiger partial charge in [0.1, 0.15) is 0 Å². The summed E-state index contributed by atoms with van der Waals surface area (Å²) < 4.78 is 0. The first-order valence-corrected chi connectivity index (χ1v) is 13.1. The van der Waals surface area contributed by atoms with Crippen molar-refractivity contribution in [1.82, 2.24) is 0 Å². The molecule has 0 aromatic carbocycles. The Morgan fingerprint density at radius 2 is 0.742 bits per heavy atom. The van der Waals surface area contributed by atoms with Crippen molar-refractivity contribution >= 4 is 0 Å². The van der Waals surface area contributed by atoms with E-state index in [4.69, 9.17) is 0 Å². The van der Waals surface area contributed by atoms with Crippen LogP contribution in [0.3, 0.4) is 0 Å². The fraction of sp³-hybridized carbons (Fsp3) is 0.733. The predicted octanol–water partition coefficient (Wildman–Crippen LogP) is 10.1. The monoisotopic (exact) mass is 466 g/mol. The van der Waals surface area contributed by atoms with Gasteiger partial charge in [-0.1, -0.05) is 144 Å². The van der Waals surface area contributed by atoms with E-state index in [0.29, 0.717) is 0 Å². The van der Waals surface area contributed by atoms with Gasteiger partial charge in [0.15, 0.2) is 0 Å². The maximum absolute atomic E-state index is 3.80. The van der Waals surface area contributed by atoms with E-state index in [0.717, 1.165) is 12.8 Å². The van der Waals surface area contributed by atoms with Gasteiger partial charge in [-0.05, 0) is 0 Å². The molecule has 0 amide bonds. The van der Waals surface area contributed by atoms with Crippen LogP contribution in [-0.4, -0.2) is 0 Å². The number of allylic oxidation sites excluding steroid dienone is 8. The van der Waals surface area contributed by atoms with Crippen LogP contribution < -0.4 is 0 Å². The summed E-state index contributed by atoms with van der Waals surface area (Å²) in [5.74, 6) is 0. The Labute approximate surface area is 206 Å². The summed E-state index contributed by atoms with van der Waals surface area (Å²) >= 11 is 0.